The average molecular weight is 401 g/mol. The van der Waals surface area contributed by atoms with Crippen LogP contribution in [0.1, 0.15) is 32.6 Å². The van der Waals surface area contributed by atoms with Gasteiger partial charge in [0, 0.05) is 19.6 Å². The first-order valence-corrected chi connectivity index (χ1v) is 10.8. The Bertz CT molecular complexity index is 845. The number of benzene rings is 1. The summed E-state index contributed by atoms with van der Waals surface area (Å²) in [6.45, 7) is 7.81. The molecule has 1 aromatic heterocycles. The molecule has 2 aliphatic heterocycles. The summed E-state index contributed by atoms with van der Waals surface area (Å²) in [6, 6.07) is 9.42. The highest BCUT2D eigenvalue weighted by Crippen LogP contribution is 2.28. The Balaban J connectivity index is 1.48. The lowest BCUT2D eigenvalue weighted by Gasteiger charge is -2.38. The Labute approximate surface area is 171 Å². The predicted molar refractivity (Wildman–Crippen MR) is 115 cm³/mol. The molecule has 0 bridgehead atoms. The van der Waals surface area contributed by atoms with Crippen LogP contribution in [0.2, 0.25) is 5.02 Å². The normalized spacial score (nSPS) is 21.8. The van der Waals surface area contributed by atoms with Crippen molar-refractivity contribution in [1.82, 2.24) is 14.7 Å². The Kier molecular flexibility index (Phi) is 6.02. The third-order valence-electron chi connectivity index (χ3n) is 6.15. The number of piperidine rings is 2. The van der Waals surface area contributed by atoms with Gasteiger partial charge in [-0.3, -0.25) is 4.79 Å². The van der Waals surface area contributed by atoms with E-state index in [1.807, 2.05) is 30.3 Å². The van der Waals surface area contributed by atoms with Crippen molar-refractivity contribution in [2.45, 2.75) is 32.6 Å². The van der Waals surface area contributed by atoms with E-state index in [4.69, 9.17) is 11.6 Å². The van der Waals surface area contributed by atoms with Crippen molar-refractivity contribution in [1.29, 1.82) is 0 Å². The van der Waals surface area contributed by atoms with Crippen molar-refractivity contribution in [3.8, 4) is 5.69 Å². The van der Waals surface area contributed by atoms with Crippen LogP contribution in [0.15, 0.2) is 41.3 Å². The number of rotatable bonds is 4. The number of hydrogen-bond acceptors (Lipinski definition) is 4. The van der Waals surface area contributed by atoms with Crippen molar-refractivity contribution in [2.75, 3.05) is 37.6 Å². The van der Waals surface area contributed by atoms with Crippen LogP contribution in [0.25, 0.3) is 5.69 Å². The smallest absolute Gasteiger partial charge is 0.292 e. The highest BCUT2D eigenvalue weighted by atomic mass is 35.5. The van der Waals surface area contributed by atoms with Gasteiger partial charge in [-0.15, -0.1) is 0 Å². The summed E-state index contributed by atoms with van der Waals surface area (Å²) in [5.41, 5.74) is 1.25. The minimum Gasteiger partial charge on any atom is -0.369 e. The highest BCUT2D eigenvalue weighted by molar-refractivity contribution is 6.33. The standard InChI is InChI=1S/C22H29ClN4O/c1-17-9-12-25(13-10-17)15-18-6-5-11-26(16-18)20-14-24-27(22(28)21(20)23)19-7-3-2-4-8-19/h2-4,7-8,14,17-18H,5-6,9-13,15-16H2,1H3. The number of anilines is 1. The zero-order valence-electron chi connectivity index (χ0n) is 16.6. The summed E-state index contributed by atoms with van der Waals surface area (Å²) in [4.78, 5) is 17.7. The van der Waals surface area contributed by atoms with Crippen LogP contribution in [-0.4, -0.2) is 47.4 Å². The van der Waals surface area contributed by atoms with E-state index in [1.165, 1.54) is 37.0 Å². The van der Waals surface area contributed by atoms with Gasteiger partial charge in [-0.1, -0.05) is 36.7 Å². The summed E-state index contributed by atoms with van der Waals surface area (Å²) < 4.78 is 1.38. The van der Waals surface area contributed by atoms with Gasteiger partial charge in [0.05, 0.1) is 17.6 Å². The number of hydrogen-bond donors (Lipinski definition) is 0. The van der Waals surface area contributed by atoms with E-state index in [-0.39, 0.29) is 10.6 Å². The van der Waals surface area contributed by atoms with Gasteiger partial charge in [-0.05, 0) is 62.7 Å². The summed E-state index contributed by atoms with van der Waals surface area (Å²) in [6.07, 6.45) is 6.75. The predicted octanol–water partition coefficient (Wildman–Crippen LogP) is 3.83. The van der Waals surface area contributed by atoms with E-state index in [9.17, 15) is 4.79 Å². The summed E-state index contributed by atoms with van der Waals surface area (Å²) in [5.74, 6) is 1.48. The first kappa shape index (κ1) is 19.5. The van der Waals surface area contributed by atoms with E-state index in [2.05, 4.69) is 21.8 Å². The van der Waals surface area contributed by atoms with Gasteiger partial charge < -0.3 is 9.80 Å². The molecular formula is C22H29ClN4O. The zero-order valence-corrected chi connectivity index (χ0v) is 17.3. The van der Waals surface area contributed by atoms with Crippen LogP contribution in [0.4, 0.5) is 5.69 Å². The first-order valence-electron chi connectivity index (χ1n) is 10.4. The van der Waals surface area contributed by atoms with Crippen LogP contribution in [0.5, 0.6) is 0 Å². The third-order valence-corrected chi connectivity index (χ3v) is 6.51. The molecule has 150 valence electrons. The number of halogens is 1. The minimum atomic E-state index is -0.252. The Morgan fingerprint density at radius 1 is 1.11 bits per heavy atom. The van der Waals surface area contributed by atoms with Crippen molar-refractivity contribution in [3.63, 3.8) is 0 Å². The summed E-state index contributed by atoms with van der Waals surface area (Å²) in [5, 5.41) is 4.67. The van der Waals surface area contributed by atoms with Gasteiger partial charge in [-0.25, -0.2) is 0 Å². The topological polar surface area (TPSA) is 41.4 Å². The van der Waals surface area contributed by atoms with Crippen molar-refractivity contribution < 1.29 is 0 Å². The number of likely N-dealkylation sites (tertiary alicyclic amines) is 1. The molecule has 5 nitrogen and oxygen atoms in total. The number of para-hydroxylation sites is 1. The Hall–Kier alpha value is -1.85. The molecule has 0 aliphatic carbocycles. The molecule has 0 N–H and O–H groups in total. The lowest BCUT2D eigenvalue weighted by molar-refractivity contribution is 0.159. The maximum Gasteiger partial charge on any atom is 0.292 e. The van der Waals surface area contributed by atoms with E-state index in [0.29, 0.717) is 5.92 Å². The maximum atomic E-state index is 12.8. The second-order valence-electron chi connectivity index (χ2n) is 8.33. The SMILES string of the molecule is CC1CCN(CC2CCCN(c3cnn(-c4ccccc4)c(=O)c3Cl)C2)CC1. The van der Waals surface area contributed by atoms with Gasteiger partial charge in [0.2, 0.25) is 0 Å². The fourth-order valence-corrected chi connectivity index (χ4v) is 4.69. The molecule has 0 amide bonds. The second kappa shape index (κ2) is 8.66. The molecule has 1 atom stereocenters. The maximum absolute atomic E-state index is 12.8. The molecule has 2 saturated heterocycles. The molecule has 28 heavy (non-hydrogen) atoms. The Morgan fingerprint density at radius 3 is 2.61 bits per heavy atom. The Morgan fingerprint density at radius 2 is 1.86 bits per heavy atom. The van der Waals surface area contributed by atoms with E-state index in [1.54, 1.807) is 6.20 Å². The zero-order chi connectivity index (χ0) is 19.5. The number of aromatic nitrogens is 2. The summed E-state index contributed by atoms with van der Waals surface area (Å²) >= 11 is 6.51. The second-order valence-corrected chi connectivity index (χ2v) is 8.71. The fourth-order valence-electron chi connectivity index (χ4n) is 4.44. The third kappa shape index (κ3) is 4.26. The quantitative estimate of drug-likeness (QED) is 0.782. The molecule has 0 saturated carbocycles. The lowest BCUT2D eigenvalue weighted by atomic mass is 9.94. The number of nitrogens with zero attached hydrogens (tertiary/aromatic N) is 4. The molecule has 4 rings (SSSR count). The molecular weight excluding hydrogens is 372 g/mol. The molecule has 3 heterocycles. The monoisotopic (exact) mass is 400 g/mol. The average Bonchev–Trinajstić information content (AvgIpc) is 2.72. The van der Waals surface area contributed by atoms with Crippen molar-refractivity contribution in [3.05, 3.63) is 51.9 Å². The molecule has 2 aliphatic rings. The van der Waals surface area contributed by atoms with Gasteiger partial charge in [0.25, 0.3) is 5.56 Å². The van der Waals surface area contributed by atoms with Crippen LogP contribution in [0, 0.1) is 11.8 Å². The first-order chi connectivity index (χ1) is 13.6. The molecule has 2 fully saturated rings. The largest absolute Gasteiger partial charge is 0.369 e. The van der Waals surface area contributed by atoms with E-state index in [0.717, 1.165) is 43.3 Å². The van der Waals surface area contributed by atoms with Gasteiger partial charge in [-0.2, -0.15) is 9.78 Å². The molecule has 6 heteroatoms. The molecule has 0 radical (unpaired) electrons. The van der Waals surface area contributed by atoms with E-state index >= 15 is 0 Å². The van der Waals surface area contributed by atoms with Gasteiger partial charge in [0.15, 0.2) is 0 Å². The minimum absolute atomic E-state index is 0.252. The van der Waals surface area contributed by atoms with Gasteiger partial charge >= 0.3 is 0 Å². The molecule has 1 unspecified atom stereocenters. The van der Waals surface area contributed by atoms with Crippen LogP contribution in [0.3, 0.4) is 0 Å². The lowest BCUT2D eigenvalue weighted by Crippen LogP contribution is -2.43. The van der Waals surface area contributed by atoms with Gasteiger partial charge in [0.1, 0.15) is 5.02 Å². The van der Waals surface area contributed by atoms with Crippen molar-refractivity contribution >= 4 is 17.3 Å². The summed E-state index contributed by atoms with van der Waals surface area (Å²) in [7, 11) is 0. The highest BCUT2D eigenvalue weighted by Gasteiger charge is 2.26. The fraction of sp³-hybridized carbons (Fsp3) is 0.545. The van der Waals surface area contributed by atoms with E-state index < -0.39 is 0 Å². The van der Waals surface area contributed by atoms with Crippen LogP contribution >= 0.6 is 11.6 Å². The molecule has 2 aromatic rings. The molecule has 0 spiro atoms. The molecule has 1 aromatic carbocycles. The van der Waals surface area contributed by atoms with Crippen LogP contribution < -0.4 is 10.5 Å². The van der Waals surface area contributed by atoms with Crippen molar-refractivity contribution in [2.24, 2.45) is 11.8 Å². The van der Waals surface area contributed by atoms with Crippen LogP contribution in [-0.2, 0) is 0 Å².